The van der Waals surface area contributed by atoms with Crippen LogP contribution in [0.5, 0.6) is 0 Å². The molecule has 25 heavy (non-hydrogen) atoms. The molecule has 124 valence electrons. The molecule has 0 atom stereocenters. The lowest BCUT2D eigenvalue weighted by Crippen LogP contribution is -2.04. The number of aliphatic imine (C=N–C) groups is 1. The molecule has 3 aromatic carbocycles. The van der Waals surface area contributed by atoms with Crippen LogP contribution >= 0.6 is 0 Å². The Morgan fingerprint density at radius 3 is 2.16 bits per heavy atom. The Morgan fingerprint density at radius 1 is 0.880 bits per heavy atom. The third kappa shape index (κ3) is 4.42. The topological polar surface area (TPSA) is 38.7 Å². The van der Waals surface area contributed by atoms with Crippen LogP contribution in [-0.2, 0) is 4.74 Å². The molecule has 3 aromatic rings. The molecule has 0 aliphatic carbocycles. The van der Waals surface area contributed by atoms with E-state index < -0.39 is 0 Å². The molecule has 0 aliphatic rings. The molecule has 0 aliphatic heterocycles. The van der Waals surface area contributed by atoms with Crippen LogP contribution in [0.4, 0.5) is 5.69 Å². The van der Waals surface area contributed by atoms with Crippen LogP contribution in [0.15, 0.2) is 83.9 Å². The van der Waals surface area contributed by atoms with Gasteiger partial charge in [-0.25, -0.2) is 4.79 Å². The first-order valence-electron chi connectivity index (χ1n) is 8.23. The molecule has 0 amide bonds. The zero-order valence-corrected chi connectivity index (χ0v) is 14.1. The second-order valence-corrected chi connectivity index (χ2v) is 5.51. The minimum absolute atomic E-state index is 0.303. The van der Waals surface area contributed by atoms with Crippen LogP contribution < -0.4 is 0 Å². The van der Waals surface area contributed by atoms with Crippen molar-refractivity contribution >= 4 is 17.9 Å². The Kier molecular flexibility index (Phi) is 5.37. The van der Waals surface area contributed by atoms with E-state index in [2.05, 4.69) is 29.3 Å². The van der Waals surface area contributed by atoms with Gasteiger partial charge >= 0.3 is 5.97 Å². The molecule has 0 aromatic heterocycles. The predicted molar refractivity (Wildman–Crippen MR) is 102 cm³/mol. The molecule has 0 bridgehead atoms. The molecule has 0 radical (unpaired) electrons. The summed E-state index contributed by atoms with van der Waals surface area (Å²) in [7, 11) is 0. The van der Waals surface area contributed by atoms with E-state index in [0.29, 0.717) is 12.2 Å². The number of benzene rings is 3. The van der Waals surface area contributed by atoms with Crippen LogP contribution in [0.25, 0.3) is 11.1 Å². The fourth-order valence-electron chi connectivity index (χ4n) is 2.44. The van der Waals surface area contributed by atoms with Crippen molar-refractivity contribution in [2.75, 3.05) is 6.61 Å². The van der Waals surface area contributed by atoms with E-state index in [-0.39, 0.29) is 5.97 Å². The van der Waals surface area contributed by atoms with Crippen LogP contribution in [0.3, 0.4) is 0 Å². The summed E-state index contributed by atoms with van der Waals surface area (Å²) in [6.07, 6.45) is 1.78. The van der Waals surface area contributed by atoms with Crippen molar-refractivity contribution in [3.8, 4) is 11.1 Å². The minimum Gasteiger partial charge on any atom is -0.462 e. The number of nitrogens with zero attached hydrogens (tertiary/aromatic N) is 1. The summed E-state index contributed by atoms with van der Waals surface area (Å²) in [4.78, 5) is 16.1. The van der Waals surface area contributed by atoms with Gasteiger partial charge in [0.1, 0.15) is 0 Å². The lowest BCUT2D eigenvalue weighted by Gasteiger charge is -2.02. The Morgan fingerprint density at radius 2 is 1.52 bits per heavy atom. The monoisotopic (exact) mass is 329 g/mol. The molecule has 0 fully saturated rings. The van der Waals surface area contributed by atoms with Gasteiger partial charge in [-0.1, -0.05) is 54.6 Å². The summed E-state index contributed by atoms with van der Waals surface area (Å²) in [6, 6.07) is 25.6. The van der Waals surface area contributed by atoms with E-state index in [1.807, 2.05) is 42.5 Å². The minimum atomic E-state index is -0.303. The molecule has 3 nitrogen and oxygen atoms in total. The maximum Gasteiger partial charge on any atom is 0.338 e. The van der Waals surface area contributed by atoms with Gasteiger partial charge in [-0.15, -0.1) is 0 Å². The molecule has 0 spiro atoms. The fraction of sp³-hybridized carbons (Fsp3) is 0.0909. The van der Waals surface area contributed by atoms with E-state index in [0.717, 1.165) is 11.3 Å². The van der Waals surface area contributed by atoms with Crippen molar-refractivity contribution in [3.63, 3.8) is 0 Å². The second kappa shape index (κ2) is 8.06. The van der Waals surface area contributed by atoms with Gasteiger partial charge in [-0.3, -0.25) is 4.99 Å². The van der Waals surface area contributed by atoms with E-state index in [4.69, 9.17) is 4.74 Å². The van der Waals surface area contributed by atoms with Gasteiger partial charge < -0.3 is 4.74 Å². The van der Waals surface area contributed by atoms with Gasteiger partial charge in [-0.05, 0) is 47.9 Å². The summed E-state index contributed by atoms with van der Waals surface area (Å²) >= 11 is 0. The van der Waals surface area contributed by atoms with E-state index in [1.54, 1.807) is 25.3 Å². The predicted octanol–water partition coefficient (Wildman–Crippen LogP) is 5.28. The largest absolute Gasteiger partial charge is 0.462 e. The third-order valence-electron chi connectivity index (χ3n) is 3.76. The normalized spacial score (nSPS) is 10.8. The molecule has 0 N–H and O–H groups in total. The quantitative estimate of drug-likeness (QED) is 0.472. The Bertz CT molecular complexity index is 851. The number of esters is 1. The highest BCUT2D eigenvalue weighted by molar-refractivity contribution is 5.91. The van der Waals surface area contributed by atoms with E-state index in [1.165, 1.54) is 11.1 Å². The average Bonchev–Trinajstić information content (AvgIpc) is 2.68. The Hall–Kier alpha value is -3.20. The van der Waals surface area contributed by atoms with Crippen molar-refractivity contribution in [1.29, 1.82) is 0 Å². The number of hydrogen-bond donors (Lipinski definition) is 0. The van der Waals surface area contributed by atoms with Gasteiger partial charge in [0.25, 0.3) is 0 Å². The fourth-order valence-corrected chi connectivity index (χ4v) is 2.44. The summed E-state index contributed by atoms with van der Waals surface area (Å²) in [5, 5.41) is 0. The summed E-state index contributed by atoms with van der Waals surface area (Å²) in [5.74, 6) is -0.303. The highest BCUT2D eigenvalue weighted by Gasteiger charge is 2.04. The summed E-state index contributed by atoms with van der Waals surface area (Å²) in [5.41, 5.74) is 4.71. The molecule has 3 heteroatoms. The first kappa shape index (κ1) is 16.7. The number of rotatable bonds is 5. The van der Waals surface area contributed by atoms with E-state index in [9.17, 15) is 4.79 Å². The van der Waals surface area contributed by atoms with Crippen molar-refractivity contribution in [2.24, 2.45) is 4.99 Å². The van der Waals surface area contributed by atoms with Crippen molar-refractivity contribution in [3.05, 3.63) is 90.0 Å². The summed E-state index contributed by atoms with van der Waals surface area (Å²) < 4.78 is 4.97. The van der Waals surface area contributed by atoms with Gasteiger partial charge in [0.2, 0.25) is 0 Å². The van der Waals surface area contributed by atoms with Crippen LogP contribution in [0.2, 0.25) is 0 Å². The third-order valence-corrected chi connectivity index (χ3v) is 3.76. The van der Waals surface area contributed by atoms with Gasteiger partial charge in [0.15, 0.2) is 0 Å². The molecular weight excluding hydrogens is 310 g/mol. The van der Waals surface area contributed by atoms with Gasteiger partial charge in [0, 0.05) is 6.21 Å². The zero-order chi connectivity index (χ0) is 17.5. The average molecular weight is 329 g/mol. The summed E-state index contributed by atoms with van der Waals surface area (Å²) in [6.45, 7) is 2.17. The standard InChI is InChI=1S/C22H19NO2/c1-2-25-22(24)20-10-8-17(9-11-20)16-23-21-14-12-19(13-15-21)18-6-4-3-5-7-18/h3-16H,2H2,1H3. The molecule has 3 rings (SSSR count). The van der Waals surface area contributed by atoms with Crippen LogP contribution in [0, 0.1) is 0 Å². The first-order valence-corrected chi connectivity index (χ1v) is 8.23. The van der Waals surface area contributed by atoms with Crippen LogP contribution in [0.1, 0.15) is 22.8 Å². The number of carbonyl (C=O) groups is 1. The zero-order valence-electron chi connectivity index (χ0n) is 14.1. The Labute approximate surface area is 147 Å². The number of ether oxygens (including phenoxy) is 1. The molecule has 0 unspecified atom stereocenters. The smallest absolute Gasteiger partial charge is 0.338 e. The highest BCUT2D eigenvalue weighted by atomic mass is 16.5. The van der Waals surface area contributed by atoms with E-state index >= 15 is 0 Å². The maximum absolute atomic E-state index is 11.6. The lowest BCUT2D eigenvalue weighted by molar-refractivity contribution is 0.0526. The van der Waals surface area contributed by atoms with Crippen molar-refractivity contribution < 1.29 is 9.53 Å². The Balaban J connectivity index is 1.68. The van der Waals surface area contributed by atoms with Crippen molar-refractivity contribution in [2.45, 2.75) is 6.92 Å². The number of carbonyl (C=O) groups excluding carboxylic acids is 1. The molecular formula is C22H19NO2. The molecule has 0 heterocycles. The van der Waals surface area contributed by atoms with Crippen LogP contribution in [-0.4, -0.2) is 18.8 Å². The van der Waals surface area contributed by atoms with Crippen molar-refractivity contribution in [1.82, 2.24) is 0 Å². The molecule has 0 saturated carbocycles. The lowest BCUT2D eigenvalue weighted by atomic mass is 10.1. The number of hydrogen-bond acceptors (Lipinski definition) is 3. The first-order chi connectivity index (χ1) is 12.3. The maximum atomic E-state index is 11.6. The van der Waals surface area contributed by atoms with Gasteiger partial charge in [0.05, 0.1) is 17.9 Å². The van der Waals surface area contributed by atoms with Gasteiger partial charge in [-0.2, -0.15) is 0 Å². The second-order valence-electron chi connectivity index (χ2n) is 5.51. The highest BCUT2D eigenvalue weighted by Crippen LogP contribution is 2.22. The SMILES string of the molecule is CCOC(=O)c1ccc(C=Nc2ccc(-c3ccccc3)cc2)cc1. The molecule has 0 saturated heterocycles.